The molecule has 2 rings (SSSR count). The van der Waals surface area contributed by atoms with Crippen molar-refractivity contribution in [3.63, 3.8) is 0 Å². The first kappa shape index (κ1) is 17.5. The summed E-state index contributed by atoms with van der Waals surface area (Å²) < 4.78 is 52.9. The predicted octanol–water partition coefficient (Wildman–Crippen LogP) is 1.82. The molecule has 1 atom stereocenters. The largest absolute Gasteiger partial charge is 0.496 e. The molecule has 0 amide bonds. The number of hydrogen-bond acceptors (Lipinski definition) is 4. The minimum Gasteiger partial charge on any atom is -0.468 e. The summed E-state index contributed by atoms with van der Waals surface area (Å²) in [5.41, 5.74) is -0.364. The van der Waals surface area contributed by atoms with Crippen LogP contribution in [0.25, 0.3) is 0 Å². The molecule has 1 aromatic heterocycles. The standard InChI is InChI=1S/C13H18BF3NO3P/c1-11(2)12(3,4)21-14(20-11)8-5-9(22)10(18-6-8)19-7-13(15,16)17/h5-6H,7,22H2,1-4H3. The summed E-state index contributed by atoms with van der Waals surface area (Å²) in [6.45, 7) is 6.30. The van der Waals surface area contributed by atoms with Crippen LogP contribution in [0.15, 0.2) is 12.3 Å². The molecule has 0 aliphatic carbocycles. The van der Waals surface area contributed by atoms with Gasteiger partial charge in [-0.25, -0.2) is 4.98 Å². The van der Waals surface area contributed by atoms with Gasteiger partial charge in [0.05, 0.1) is 11.2 Å². The van der Waals surface area contributed by atoms with Crippen LogP contribution in [0.5, 0.6) is 5.88 Å². The van der Waals surface area contributed by atoms with Gasteiger partial charge in [-0.15, -0.1) is 0 Å². The molecule has 0 saturated carbocycles. The van der Waals surface area contributed by atoms with E-state index in [2.05, 4.69) is 19.0 Å². The Balaban J connectivity index is 2.14. The molecule has 1 fully saturated rings. The molecule has 4 nitrogen and oxygen atoms in total. The van der Waals surface area contributed by atoms with Crippen molar-refractivity contribution in [2.45, 2.75) is 45.1 Å². The maximum Gasteiger partial charge on any atom is 0.496 e. The molecule has 1 aliphatic heterocycles. The van der Waals surface area contributed by atoms with Gasteiger partial charge in [0.2, 0.25) is 5.88 Å². The lowest BCUT2D eigenvalue weighted by molar-refractivity contribution is -0.153. The summed E-state index contributed by atoms with van der Waals surface area (Å²) in [5.74, 6) is -0.0809. The molecule has 0 bridgehead atoms. The normalized spacial score (nSPS) is 20.3. The fourth-order valence-corrected chi connectivity index (χ4v) is 2.22. The van der Waals surface area contributed by atoms with Crippen LogP contribution in [0, 0.1) is 0 Å². The van der Waals surface area contributed by atoms with Gasteiger partial charge in [-0.2, -0.15) is 13.2 Å². The number of pyridine rings is 1. The Morgan fingerprint density at radius 3 is 2.23 bits per heavy atom. The van der Waals surface area contributed by atoms with Gasteiger partial charge in [0.25, 0.3) is 0 Å². The highest BCUT2D eigenvalue weighted by molar-refractivity contribution is 7.27. The highest BCUT2D eigenvalue weighted by atomic mass is 31.0. The number of rotatable bonds is 3. The molecule has 0 spiro atoms. The third-order valence-corrected chi connectivity index (χ3v) is 4.21. The van der Waals surface area contributed by atoms with Gasteiger partial charge in [0.15, 0.2) is 6.61 Å². The molecule has 1 aliphatic rings. The van der Waals surface area contributed by atoms with Gasteiger partial charge in [-0.1, -0.05) is 9.24 Å². The maximum atomic E-state index is 12.2. The lowest BCUT2D eigenvalue weighted by Gasteiger charge is -2.32. The lowest BCUT2D eigenvalue weighted by Crippen LogP contribution is -2.41. The van der Waals surface area contributed by atoms with E-state index in [-0.39, 0.29) is 5.88 Å². The Bertz CT molecular complexity index is 550. The fourth-order valence-electron chi connectivity index (χ4n) is 1.87. The molecular weight excluding hydrogens is 317 g/mol. The maximum absolute atomic E-state index is 12.2. The van der Waals surface area contributed by atoms with Crippen molar-refractivity contribution < 1.29 is 27.2 Å². The van der Waals surface area contributed by atoms with E-state index in [1.165, 1.54) is 6.20 Å². The predicted molar refractivity (Wildman–Crippen MR) is 80.8 cm³/mol. The van der Waals surface area contributed by atoms with E-state index in [9.17, 15) is 13.2 Å². The Morgan fingerprint density at radius 2 is 1.77 bits per heavy atom. The number of ether oxygens (including phenoxy) is 1. The zero-order valence-electron chi connectivity index (χ0n) is 12.8. The average molecular weight is 335 g/mol. The monoisotopic (exact) mass is 335 g/mol. The Labute approximate surface area is 130 Å². The summed E-state index contributed by atoms with van der Waals surface area (Å²) in [5, 5.41) is 0.413. The molecule has 122 valence electrons. The molecule has 22 heavy (non-hydrogen) atoms. The molecule has 0 aromatic carbocycles. The lowest BCUT2D eigenvalue weighted by atomic mass is 9.80. The Kier molecular flexibility index (Phi) is 4.50. The Hall–Kier alpha value is -0.845. The first-order valence-corrected chi connectivity index (χ1v) is 7.30. The number of hydrogen-bond donors (Lipinski definition) is 0. The zero-order chi connectivity index (χ0) is 16.8. The molecular formula is C13H18BF3NO3P. The highest BCUT2D eigenvalue weighted by Crippen LogP contribution is 2.36. The minimum absolute atomic E-state index is 0.0809. The van der Waals surface area contributed by atoms with Gasteiger partial charge in [0.1, 0.15) is 0 Å². The van der Waals surface area contributed by atoms with Crippen molar-refractivity contribution in [1.29, 1.82) is 0 Å². The number of alkyl halides is 3. The average Bonchev–Trinajstić information content (AvgIpc) is 2.56. The topological polar surface area (TPSA) is 40.6 Å². The summed E-state index contributed by atoms with van der Waals surface area (Å²) in [6.07, 6.45) is -3.00. The van der Waals surface area contributed by atoms with Crippen LogP contribution >= 0.6 is 9.24 Å². The fraction of sp³-hybridized carbons (Fsp3) is 0.615. The van der Waals surface area contributed by atoms with E-state index >= 15 is 0 Å². The first-order chi connectivity index (χ1) is 9.91. The summed E-state index contributed by atoms with van der Waals surface area (Å²) in [7, 11) is 1.69. The van der Waals surface area contributed by atoms with Gasteiger partial charge < -0.3 is 14.0 Å². The second kappa shape index (κ2) is 5.66. The van der Waals surface area contributed by atoms with E-state index in [1.807, 2.05) is 27.7 Å². The van der Waals surface area contributed by atoms with E-state index in [4.69, 9.17) is 9.31 Å². The van der Waals surface area contributed by atoms with E-state index < -0.39 is 31.1 Å². The van der Waals surface area contributed by atoms with E-state index in [0.717, 1.165) is 0 Å². The van der Waals surface area contributed by atoms with Crippen molar-refractivity contribution in [2.24, 2.45) is 0 Å². The molecule has 0 radical (unpaired) electrons. The van der Waals surface area contributed by atoms with Gasteiger partial charge in [-0.3, -0.25) is 0 Å². The van der Waals surface area contributed by atoms with Crippen LogP contribution in [0.1, 0.15) is 27.7 Å². The molecule has 1 saturated heterocycles. The molecule has 1 aromatic rings. The minimum atomic E-state index is -4.40. The van der Waals surface area contributed by atoms with Crippen LogP contribution < -0.4 is 15.5 Å². The summed E-state index contributed by atoms with van der Waals surface area (Å²) >= 11 is 0. The highest BCUT2D eigenvalue weighted by Gasteiger charge is 2.51. The number of aromatic nitrogens is 1. The molecule has 0 N–H and O–H groups in total. The molecule has 2 heterocycles. The van der Waals surface area contributed by atoms with Crippen LogP contribution in [0.2, 0.25) is 0 Å². The van der Waals surface area contributed by atoms with Crippen LogP contribution in [0.3, 0.4) is 0 Å². The van der Waals surface area contributed by atoms with Crippen molar-refractivity contribution >= 4 is 27.1 Å². The third-order valence-electron chi connectivity index (χ3n) is 3.80. The van der Waals surface area contributed by atoms with Gasteiger partial charge >= 0.3 is 13.3 Å². The second-order valence-corrected chi connectivity index (χ2v) is 6.78. The number of halogens is 3. The second-order valence-electron chi connectivity index (χ2n) is 6.16. The van der Waals surface area contributed by atoms with E-state index in [0.29, 0.717) is 10.8 Å². The van der Waals surface area contributed by atoms with E-state index in [1.54, 1.807) is 6.07 Å². The van der Waals surface area contributed by atoms with Crippen LogP contribution in [-0.4, -0.2) is 36.1 Å². The molecule has 1 unspecified atom stereocenters. The summed E-state index contributed by atoms with van der Waals surface area (Å²) in [6, 6.07) is 1.63. The van der Waals surface area contributed by atoms with Crippen LogP contribution in [0.4, 0.5) is 13.2 Å². The first-order valence-electron chi connectivity index (χ1n) is 6.72. The molecule has 9 heteroatoms. The quantitative estimate of drug-likeness (QED) is 0.624. The van der Waals surface area contributed by atoms with Crippen LogP contribution in [-0.2, 0) is 9.31 Å². The van der Waals surface area contributed by atoms with Gasteiger partial charge in [0, 0.05) is 17.0 Å². The zero-order valence-corrected chi connectivity index (χ0v) is 14.0. The van der Waals surface area contributed by atoms with Crippen molar-refractivity contribution in [1.82, 2.24) is 4.98 Å². The SMILES string of the molecule is CC1(C)OB(c2cnc(OCC(F)(F)F)c(P)c2)OC1(C)C. The van der Waals surface area contributed by atoms with Crippen molar-refractivity contribution in [3.05, 3.63) is 12.3 Å². The Morgan fingerprint density at radius 1 is 1.23 bits per heavy atom. The number of nitrogens with zero attached hydrogens (tertiary/aromatic N) is 1. The van der Waals surface area contributed by atoms with Gasteiger partial charge in [-0.05, 0) is 33.8 Å². The summed E-state index contributed by atoms with van der Waals surface area (Å²) in [4.78, 5) is 3.92. The smallest absolute Gasteiger partial charge is 0.468 e. The van der Waals surface area contributed by atoms with Crippen molar-refractivity contribution in [2.75, 3.05) is 6.61 Å². The van der Waals surface area contributed by atoms with Crippen molar-refractivity contribution in [3.8, 4) is 5.88 Å². The third kappa shape index (κ3) is 3.73.